The van der Waals surface area contributed by atoms with E-state index in [2.05, 4.69) is 10.1 Å². The Kier molecular flexibility index (Phi) is 3.92. The third-order valence-electron chi connectivity index (χ3n) is 4.76. The van der Waals surface area contributed by atoms with Crippen molar-refractivity contribution in [1.82, 2.24) is 14.8 Å². The lowest BCUT2D eigenvalue weighted by atomic mass is 9.97. The van der Waals surface area contributed by atoms with E-state index >= 15 is 0 Å². The molecule has 0 radical (unpaired) electrons. The molecule has 0 spiro atoms. The minimum atomic E-state index is -0.211. The monoisotopic (exact) mass is 383 g/mol. The molecule has 0 saturated carbocycles. The number of pyridine rings is 1. The van der Waals surface area contributed by atoms with E-state index in [1.807, 2.05) is 54.6 Å². The summed E-state index contributed by atoms with van der Waals surface area (Å²) in [5.74, 6) is 0. The van der Waals surface area contributed by atoms with Crippen LogP contribution in [0, 0.1) is 0 Å². The number of aromatic nitrogens is 3. The SMILES string of the molecule is O=c1c2c(-c3ccccc3)c3ccccc3nc2cnn1-c1ccc(Cl)cc1. The van der Waals surface area contributed by atoms with Gasteiger partial charge in [0.15, 0.2) is 0 Å². The molecular formula is C23H14ClN3O. The lowest BCUT2D eigenvalue weighted by Crippen LogP contribution is -2.22. The van der Waals surface area contributed by atoms with Gasteiger partial charge < -0.3 is 0 Å². The summed E-state index contributed by atoms with van der Waals surface area (Å²) in [4.78, 5) is 18.2. The lowest BCUT2D eigenvalue weighted by molar-refractivity contribution is 0.820. The van der Waals surface area contributed by atoms with E-state index in [0.29, 0.717) is 21.6 Å². The van der Waals surface area contributed by atoms with E-state index in [-0.39, 0.29) is 5.56 Å². The molecule has 2 heterocycles. The van der Waals surface area contributed by atoms with Crippen LogP contribution >= 0.6 is 11.6 Å². The summed E-state index contributed by atoms with van der Waals surface area (Å²) in [5, 5.41) is 6.44. The second-order valence-electron chi connectivity index (χ2n) is 6.47. The molecule has 5 aromatic rings. The van der Waals surface area contributed by atoms with Crippen molar-refractivity contribution in [2.24, 2.45) is 0 Å². The van der Waals surface area contributed by atoms with Crippen LogP contribution in [-0.2, 0) is 0 Å². The van der Waals surface area contributed by atoms with Gasteiger partial charge in [-0.3, -0.25) is 4.79 Å². The minimum Gasteiger partial charge on any atom is -0.267 e. The van der Waals surface area contributed by atoms with Gasteiger partial charge in [0.05, 0.1) is 28.3 Å². The van der Waals surface area contributed by atoms with Crippen molar-refractivity contribution in [3.63, 3.8) is 0 Å². The summed E-state index contributed by atoms with van der Waals surface area (Å²) < 4.78 is 1.39. The normalized spacial score (nSPS) is 11.2. The maximum Gasteiger partial charge on any atom is 0.281 e. The zero-order valence-electron chi connectivity index (χ0n) is 14.7. The Labute approximate surface area is 165 Å². The zero-order chi connectivity index (χ0) is 19.1. The van der Waals surface area contributed by atoms with Crippen LogP contribution in [0.3, 0.4) is 0 Å². The van der Waals surface area contributed by atoms with Crippen molar-refractivity contribution in [3.8, 4) is 16.8 Å². The molecule has 0 aliphatic rings. The van der Waals surface area contributed by atoms with Crippen LogP contribution < -0.4 is 5.56 Å². The van der Waals surface area contributed by atoms with Crippen molar-refractivity contribution < 1.29 is 0 Å². The molecule has 0 aliphatic carbocycles. The largest absolute Gasteiger partial charge is 0.281 e. The van der Waals surface area contributed by atoms with Gasteiger partial charge in [0, 0.05) is 16.0 Å². The number of fused-ring (bicyclic) bond motifs is 2. The van der Waals surface area contributed by atoms with Crippen LogP contribution in [0.15, 0.2) is 89.9 Å². The Morgan fingerprint density at radius 2 is 1.50 bits per heavy atom. The van der Waals surface area contributed by atoms with E-state index < -0.39 is 0 Å². The summed E-state index contributed by atoms with van der Waals surface area (Å²) in [7, 11) is 0. The molecule has 2 aromatic heterocycles. The quantitative estimate of drug-likeness (QED) is 0.391. The summed E-state index contributed by atoms with van der Waals surface area (Å²) in [6.07, 6.45) is 1.64. The Morgan fingerprint density at radius 3 is 2.29 bits per heavy atom. The number of rotatable bonds is 2. The minimum absolute atomic E-state index is 0.211. The van der Waals surface area contributed by atoms with Gasteiger partial charge >= 0.3 is 0 Å². The van der Waals surface area contributed by atoms with E-state index in [9.17, 15) is 4.79 Å². The fraction of sp³-hybridized carbons (Fsp3) is 0. The van der Waals surface area contributed by atoms with Crippen molar-refractivity contribution in [2.45, 2.75) is 0 Å². The molecule has 0 bridgehead atoms. The molecule has 0 amide bonds. The summed E-state index contributed by atoms with van der Waals surface area (Å²) in [6.45, 7) is 0. The number of hydrogen-bond donors (Lipinski definition) is 0. The first-order chi connectivity index (χ1) is 13.7. The first-order valence-corrected chi connectivity index (χ1v) is 9.22. The van der Waals surface area contributed by atoms with Crippen molar-refractivity contribution in [3.05, 3.63) is 100 Å². The highest BCUT2D eigenvalue weighted by Crippen LogP contribution is 2.32. The third-order valence-corrected chi connectivity index (χ3v) is 5.01. The highest BCUT2D eigenvalue weighted by molar-refractivity contribution is 6.30. The summed E-state index contributed by atoms with van der Waals surface area (Å²) in [5.41, 5.74) is 3.70. The molecule has 0 unspecified atom stereocenters. The molecule has 5 rings (SSSR count). The smallest absolute Gasteiger partial charge is 0.267 e. The standard InChI is InChI=1S/C23H14ClN3O/c24-16-10-12-17(13-11-16)27-23(28)22-20(14-25-27)26-19-9-5-4-8-18(19)21(22)15-6-2-1-3-7-15/h1-14H. The molecular weight excluding hydrogens is 370 g/mol. The maximum absolute atomic E-state index is 13.5. The van der Waals surface area contributed by atoms with Gasteiger partial charge in [0.25, 0.3) is 5.56 Å². The fourth-order valence-electron chi connectivity index (χ4n) is 3.48. The van der Waals surface area contributed by atoms with Crippen LogP contribution in [0.4, 0.5) is 0 Å². The summed E-state index contributed by atoms with van der Waals surface area (Å²) >= 11 is 5.99. The van der Waals surface area contributed by atoms with E-state index in [1.54, 1.807) is 30.5 Å². The lowest BCUT2D eigenvalue weighted by Gasteiger charge is -2.12. The molecule has 0 N–H and O–H groups in total. The van der Waals surface area contributed by atoms with Gasteiger partial charge in [-0.25, -0.2) is 4.98 Å². The average Bonchev–Trinajstić information content (AvgIpc) is 2.74. The molecule has 0 fully saturated rings. The van der Waals surface area contributed by atoms with E-state index in [0.717, 1.165) is 22.0 Å². The molecule has 0 aliphatic heterocycles. The van der Waals surface area contributed by atoms with Gasteiger partial charge in [-0.2, -0.15) is 9.78 Å². The highest BCUT2D eigenvalue weighted by Gasteiger charge is 2.16. The predicted molar refractivity (Wildman–Crippen MR) is 113 cm³/mol. The van der Waals surface area contributed by atoms with Gasteiger partial charge in [-0.1, -0.05) is 60.1 Å². The first-order valence-electron chi connectivity index (χ1n) is 8.84. The Balaban J connectivity index is 1.93. The molecule has 134 valence electrons. The molecule has 28 heavy (non-hydrogen) atoms. The maximum atomic E-state index is 13.5. The second-order valence-corrected chi connectivity index (χ2v) is 6.90. The van der Waals surface area contributed by atoms with Crippen molar-refractivity contribution >= 4 is 33.4 Å². The Morgan fingerprint density at radius 1 is 0.786 bits per heavy atom. The third kappa shape index (κ3) is 2.66. The van der Waals surface area contributed by atoms with Crippen molar-refractivity contribution in [2.75, 3.05) is 0 Å². The van der Waals surface area contributed by atoms with Crippen molar-refractivity contribution in [1.29, 1.82) is 0 Å². The molecule has 4 nitrogen and oxygen atoms in total. The molecule has 0 saturated heterocycles. The van der Waals surface area contributed by atoms with Crippen LogP contribution in [-0.4, -0.2) is 14.8 Å². The van der Waals surface area contributed by atoms with Crippen LogP contribution in [0.5, 0.6) is 0 Å². The van der Waals surface area contributed by atoms with Gasteiger partial charge in [-0.15, -0.1) is 0 Å². The fourth-order valence-corrected chi connectivity index (χ4v) is 3.61. The number of para-hydroxylation sites is 1. The Hall–Kier alpha value is -3.50. The second kappa shape index (κ2) is 6.59. The number of halogens is 1. The topological polar surface area (TPSA) is 47.8 Å². The number of benzene rings is 3. The zero-order valence-corrected chi connectivity index (χ0v) is 15.5. The van der Waals surface area contributed by atoms with E-state index in [4.69, 9.17) is 11.6 Å². The van der Waals surface area contributed by atoms with Crippen LogP contribution in [0.1, 0.15) is 0 Å². The number of hydrogen-bond acceptors (Lipinski definition) is 3. The van der Waals surface area contributed by atoms with E-state index in [1.165, 1.54) is 4.68 Å². The van der Waals surface area contributed by atoms with Crippen LogP contribution in [0.2, 0.25) is 5.02 Å². The molecule has 5 heteroatoms. The summed E-state index contributed by atoms with van der Waals surface area (Å²) in [6, 6.07) is 24.8. The highest BCUT2D eigenvalue weighted by atomic mass is 35.5. The molecule has 0 atom stereocenters. The number of nitrogens with zero attached hydrogens (tertiary/aromatic N) is 3. The average molecular weight is 384 g/mol. The van der Waals surface area contributed by atoms with Gasteiger partial charge in [0.1, 0.15) is 0 Å². The predicted octanol–water partition coefficient (Wildman–Crippen LogP) is 5.25. The first kappa shape index (κ1) is 16.7. The Bertz CT molecular complexity index is 1380. The van der Waals surface area contributed by atoms with Gasteiger partial charge in [0.2, 0.25) is 0 Å². The van der Waals surface area contributed by atoms with Crippen LogP contribution in [0.25, 0.3) is 38.6 Å². The van der Waals surface area contributed by atoms with Gasteiger partial charge in [-0.05, 0) is 35.9 Å². The molecule has 3 aromatic carbocycles.